The molecule has 1 aromatic carbocycles. The van der Waals surface area contributed by atoms with Crippen molar-refractivity contribution in [3.05, 3.63) is 27.3 Å². The van der Waals surface area contributed by atoms with Crippen molar-refractivity contribution in [1.82, 2.24) is 5.32 Å². The molecule has 0 heterocycles. The third kappa shape index (κ3) is 3.59. The maximum atomic E-state index is 12.0. The minimum Gasteiger partial charge on any atom is -0.507 e. The fourth-order valence-electron chi connectivity index (χ4n) is 1.48. The monoisotopic (exact) mass is 362 g/mol. The molecule has 5 nitrogen and oxygen atoms in total. The topological polar surface area (TPSA) is 92.4 Å². The van der Waals surface area contributed by atoms with Gasteiger partial charge in [0, 0.05) is 3.57 Å². The van der Waals surface area contributed by atoms with Crippen molar-refractivity contribution in [3.63, 3.8) is 0 Å². The van der Waals surface area contributed by atoms with Crippen molar-refractivity contribution >= 4 is 34.4 Å². The zero-order valence-corrected chi connectivity index (χ0v) is 12.3. The summed E-state index contributed by atoms with van der Waals surface area (Å²) in [6, 6.07) is 3.91. The molecule has 1 aromatic rings. The summed E-state index contributed by atoms with van der Waals surface area (Å²) in [6.07, 6.45) is 0. The van der Waals surface area contributed by atoms with Crippen molar-refractivity contribution in [2.24, 2.45) is 11.7 Å². The lowest BCUT2D eigenvalue weighted by Crippen LogP contribution is -2.47. The number of benzene rings is 1. The number of phenols is 1. The average molecular weight is 362 g/mol. The quantitative estimate of drug-likeness (QED) is 0.704. The van der Waals surface area contributed by atoms with Gasteiger partial charge in [-0.3, -0.25) is 9.59 Å². The van der Waals surface area contributed by atoms with E-state index in [1.54, 1.807) is 26.0 Å². The number of carbonyl (C=O) groups excluding carboxylic acids is 2. The van der Waals surface area contributed by atoms with Crippen LogP contribution in [-0.2, 0) is 4.79 Å². The summed E-state index contributed by atoms with van der Waals surface area (Å²) in [5.41, 5.74) is 5.35. The number of halogens is 1. The van der Waals surface area contributed by atoms with E-state index in [1.165, 1.54) is 6.07 Å². The lowest BCUT2D eigenvalue weighted by Gasteiger charge is -2.19. The highest BCUT2D eigenvalue weighted by atomic mass is 127. The van der Waals surface area contributed by atoms with Crippen LogP contribution in [0.1, 0.15) is 24.2 Å². The van der Waals surface area contributed by atoms with Gasteiger partial charge >= 0.3 is 0 Å². The van der Waals surface area contributed by atoms with E-state index in [9.17, 15) is 14.7 Å². The molecule has 0 aromatic heterocycles. The molecule has 0 spiro atoms. The van der Waals surface area contributed by atoms with Gasteiger partial charge in [-0.2, -0.15) is 0 Å². The minimum atomic E-state index is -0.755. The highest BCUT2D eigenvalue weighted by molar-refractivity contribution is 14.1. The fourth-order valence-corrected chi connectivity index (χ4v) is 1.97. The maximum Gasteiger partial charge on any atom is 0.255 e. The molecule has 2 amide bonds. The number of phenolic OH excluding ortho intramolecular Hbond substituents is 1. The van der Waals surface area contributed by atoms with Gasteiger partial charge in [0.05, 0.1) is 5.56 Å². The second kappa shape index (κ2) is 6.03. The minimum absolute atomic E-state index is 0.114. The highest BCUT2D eigenvalue weighted by Gasteiger charge is 2.23. The Morgan fingerprint density at radius 3 is 2.50 bits per heavy atom. The highest BCUT2D eigenvalue weighted by Crippen LogP contribution is 2.19. The summed E-state index contributed by atoms with van der Waals surface area (Å²) in [5, 5.41) is 12.1. The van der Waals surface area contributed by atoms with Crippen LogP contribution in [0, 0.1) is 9.49 Å². The number of aromatic hydroxyl groups is 1. The van der Waals surface area contributed by atoms with Gasteiger partial charge in [0.25, 0.3) is 5.91 Å². The van der Waals surface area contributed by atoms with Crippen LogP contribution in [0.2, 0.25) is 0 Å². The van der Waals surface area contributed by atoms with E-state index in [1.807, 2.05) is 22.6 Å². The largest absolute Gasteiger partial charge is 0.507 e. The predicted molar refractivity (Wildman–Crippen MR) is 76.1 cm³/mol. The SMILES string of the molecule is CC(C)C(NC(=O)c1cc(I)ccc1O)C(N)=O. The number of hydrogen-bond acceptors (Lipinski definition) is 3. The molecule has 98 valence electrons. The van der Waals surface area contributed by atoms with Gasteiger partial charge in [-0.25, -0.2) is 0 Å². The zero-order valence-electron chi connectivity index (χ0n) is 10.1. The molecule has 1 atom stereocenters. The molecule has 4 N–H and O–H groups in total. The fraction of sp³-hybridized carbons (Fsp3) is 0.333. The summed E-state index contributed by atoms with van der Waals surface area (Å²) < 4.78 is 0.815. The van der Waals surface area contributed by atoms with Gasteiger partial charge in [-0.1, -0.05) is 13.8 Å². The second-order valence-corrected chi connectivity index (χ2v) is 5.50. The van der Waals surface area contributed by atoms with E-state index in [2.05, 4.69) is 5.32 Å². The summed E-state index contributed by atoms with van der Waals surface area (Å²) in [5.74, 6) is -1.34. The Balaban J connectivity index is 2.94. The van der Waals surface area contributed by atoms with Crippen LogP contribution in [0.15, 0.2) is 18.2 Å². The Morgan fingerprint density at radius 2 is 2.00 bits per heavy atom. The van der Waals surface area contributed by atoms with Gasteiger partial charge in [-0.05, 0) is 46.7 Å². The van der Waals surface area contributed by atoms with Gasteiger partial charge < -0.3 is 16.2 Å². The van der Waals surface area contributed by atoms with E-state index in [0.717, 1.165) is 3.57 Å². The molecular weight excluding hydrogens is 347 g/mol. The van der Waals surface area contributed by atoms with Crippen molar-refractivity contribution in [2.75, 3.05) is 0 Å². The molecule has 0 saturated carbocycles. The van der Waals surface area contributed by atoms with Crippen molar-refractivity contribution < 1.29 is 14.7 Å². The molecule has 1 unspecified atom stereocenters. The van der Waals surface area contributed by atoms with Crippen LogP contribution in [0.4, 0.5) is 0 Å². The van der Waals surface area contributed by atoms with Crippen molar-refractivity contribution in [3.8, 4) is 5.75 Å². The number of carbonyl (C=O) groups is 2. The number of rotatable bonds is 4. The van der Waals surface area contributed by atoms with Gasteiger partial charge in [0.2, 0.25) is 5.91 Å². The lowest BCUT2D eigenvalue weighted by atomic mass is 10.0. The molecule has 1 rings (SSSR count). The molecule has 0 aliphatic heterocycles. The lowest BCUT2D eigenvalue weighted by molar-refractivity contribution is -0.120. The third-order valence-electron chi connectivity index (χ3n) is 2.46. The predicted octanol–water partition coefficient (Wildman–Crippen LogP) is 1.24. The Morgan fingerprint density at radius 1 is 1.39 bits per heavy atom. The van der Waals surface area contributed by atoms with Crippen LogP contribution in [0.3, 0.4) is 0 Å². The molecular formula is C12H15IN2O3. The first-order valence-electron chi connectivity index (χ1n) is 5.41. The number of hydrogen-bond donors (Lipinski definition) is 3. The number of primary amides is 1. The maximum absolute atomic E-state index is 12.0. The number of amides is 2. The summed E-state index contributed by atoms with van der Waals surface area (Å²) >= 11 is 2.03. The first-order chi connectivity index (χ1) is 8.32. The van der Waals surface area contributed by atoms with Crippen molar-refractivity contribution in [2.45, 2.75) is 19.9 Å². The molecule has 0 bridgehead atoms. The van der Waals surface area contributed by atoms with Gasteiger partial charge in [0.15, 0.2) is 0 Å². The third-order valence-corrected chi connectivity index (χ3v) is 3.13. The smallest absolute Gasteiger partial charge is 0.255 e. The normalized spacial score (nSPS) is 12.2. The average Bonchev–Trinajstić information content (AvgIpc) is 2.28. The van der Waals surface area contributed by atoms with E-state index in [0.29, 0.717) is 0 Å². The second-order valence-electron chi connectivity index (χ2n) is 4.26. The van der Waals surface area contributed by atoms with Crippen LogP contribution >= 0.6 is 22.6 Å². The van der Waals surface area contributed by atoms with Crippen LogP contribution in [0.25, 0.3) is 0 Å². The van der Waals surface area contributed by atoms with Crippen LogP contribution < -0.4 is 11.1 Å². The Bertz CT molecular complexity index is 474. The van der Waals surface area contributed by atoms with Gasteiger partial charge in [0.1, 0.15) is 11.8 Å². The molecule has 0 aliphatic rings. The van der Waals surface area contributed by atoms with E-state index in [-0.39, 0.29) is 17.2 Å². The van der Waals surface area contributed by atoms with Crippen LogP contribution in [-0.4, -0.2) is 23.0 Å². The zero-order chi connectivity index (χ0) is 13.9. The van der Waals surface area contributed by atoms with Gasteiger partial charge in [-0.15, -0.1) is 0 Å². The van der Waals surface area contributed by atoms with E-state index in [4.69, 9.17) is 5.73 Å². The molecule has 0 fully saturated rings. The summed E-state index contributed by atoms with van der Waals surface area (Å²) in [7, 11) is 0. The Labute approximate surface area is 119 Å². The first-order valence-corrected chi connectivity index (χ1v) is 6.49. The standard InChI is InChI=1S/C12H15IN2O3/c1-6(2)10(11(14)17)15-12(18)8-5-7(13)3-4-9(8)16/h3-6,10,16H,1-2H3,(H2,14,17)(H,15,18). The van der Waals surface area contributed by atoms with E-state index >= 15 is 0 Å². The Hall–Kier alpha value is -1.31. The molecule has 0 saturated heterocycles. The number of nitrogens with one attached hydrogen (secondary N) is 1. The Kier molecular flexibility index (Phi) is 4.94. The van der Waals surface area contributed by atoms with Crippen LogP contribution in [0.5, 0.6) is 5.75 Å². The molecule has 18 heavy (non-hydrogen) atoms. The molecule has 0 aliphatic carbocycles. The first kappa shape index (κ1) is 14.7. The number of nitrogens with two attached hydrogens (primary N) is 1. The van der Waals surface area contributed by atoms with E-state index < -0.39 is 17.9 Å². The summed E-state index contributed by atoms with van der Waals surface area (Å²) in [6.45, 7) is 3.56. The van der Waals surface area contributed by atoms with Crippen molar-refractivity contribution in [1.29, 1.82) is 0 Å². The summed E-state index contributed by atoms with van der Waals surface area (Å²) in [4.78, 5) is 23.2. The molecule has 6 heteroatoms. The molecule has 0 radical (unpaired) electrons.